The molecule has 39 heavy (non-hydrogen) atoms. The number of thioether (sulfide) groups is 1. The summed E-state index contributed by atoms with van der Waals surface area (Å²) in [6.07, 6.45) is 2.91. The van der Waals surface area contributed by atoms with Gasteiger partial charge in [-0.2, -0.15) is 0 Å². The zero-order valence-electron chi connectivity index (χ0n) is 20.3. The molecule has 1 N–H and O–H groups in total. The number of rotatable bonds is 7. The fourth-order valence-corrected chi connectivity index (χ4v) is 5.90. The van der Waals surface area contributed by atoms with Crippen LogP contribution in [0.5, 0.6) is 0 Å². The van der Waals surface area contributed by atoms with Crippen molar-refractivity contribution in [2.24, 2.45) is 0 Å². The number of ether oxygens (including phenoxy) is 1. The zero-order chi connectivity index (χ0) is 27.5. The molecule has 12 heteroatoms. The zero-order valence-corrected chi connectivity index (χ0v) is 21.9. The van der Waals surface area contributed by atoms with Crippen LogP contribution in [0.4, 0.5) is 9.52 Å². The summed E-state index contributed by atoms with van der Waals surface area (Å²) in [7, 11) is 1.26. The fraction of sp³-hybridized carbons (Fsp3) is 0.111. The van der Waals surface area contributed by atoms with Gasteiger partial charge in [0.05, 0.1) is 24.3 Å². The van der Waals surface area contributed by atoms with Gasteiger partial charge in [0.2, 0.25) is 5.13 Å². The molecule has 4 aromatic rings. The van der Waals surface area contributed by atoms with Gasteiger partial charge in [-0.15, -0.1) is 10.2 Å². The Balaban J connectivity index is 1.54. The van der Waals surface area contributed by atoms with Crippen LogP contribution in [0, 0.1) is 5.82 Å². The van der Waals surface area contributed by atoms with Crippen molar-refractivity contribution in [1.29, 1.82) is 0 Å². The number of hydrogen-bond acceptors (Lipinski definition) is 10. The Bertz CT molecular complexity index is 1590. The minimum atomic E-state index is -1.05. The number of amides is 1. The molecule has 3 heterocycles. The summed E-state index contributed by atoms with van der Waals surface area (Å²) < 4.78 is 19.3. The van der Waals surface area contributed by atoms with E-state index in [-0.39, 0.29) is 27.8 Å². The molecule has 1 aliphatic heterocycles. The number of halogens is 1. The minimum Gasteiger partial charge on any atom is -0.507 e. The molecule has 9 nitrogen and oxygen atoms in total. The number of hydrogen-bond donors (Lipinski definition) is 1. The van der Waals surface area contributed by atoms with Crippen LogP contribution in [0.1, 0.15) is 33.1 Å². The van der Waals surface area contributed by atoms with Crippen molar-refractivity contribution in [3.8, 4) is 0 Å². The summed E-state index contributed by atoms with van der Waals surface area (Å²) in [4.78, 5) is 43.6. The smallest absolute Gasteiger partial charge is 0.337 e. The van der Waals surface area contributed by atoms with E-state index in [2.05, 4.69) is 15.2 Å². The molecule has 2 aromatic carbocycles. The predicted molar refractivity (Wildman–Crippen MR) is 143 cm³/mol. The number of carbonyl (C=O) groups excluding carboxylic acids is 3. The number of Topliss-reactive ketones (excluding diaryl/α,β-unsaturated/α-hetero) is 1. The summed E-state index contributed by atoms with van der Waals surface area (Å²) in [5, 5.41) is 19.5. The number of pyridine rings is 1. The number of anilines is 1. The predicted octanol–water partition coefficient (Wildman–Crippen LogP) is 4.78. The SMILES string of the molecule is COC(=O)c1ccc(C2C(=C(O)c3ccncc3)C(=O)C(=O)N2c2nnc(SCc3ccccc3F)s2)cc1. The number of ketones is 1. The number of aromatic nitrogens is 3. The summed E-state index contributed by atoms with van der Waals surface area (Å²) in [5.41, 5.74) is 1.37. The average Bonchev–Trinajstić information content (AvgIpc) is 3.54. The van der Waals surface area contributed by atoms with Gasteiger partial charge in [-0.3, -0.25) is 19.5 Å². The number of carbonyl (C=O) groups is 3. The number of nitrogens with zero attached hydrogens (tertiary/aromatic N) is 4. The normalized spacial score (nSPS) is 16.5. The van der Waals surface area contributed by atoms with Gasteiger partial charge in [0, 0.05) is 23.7 Å². The first-order valence-electron chi connectivity index (χ1n) is 11.5. The van der Waals surface area contributed by atoms with Crippen LogP contribution in [0.3, 0.4) is 0 Å². The van der Waals surface area contributed by atoms with E-state index in [9.17, 15) is 23.9 Å². The molecule has 0 spiro atoms. The van der Waals surface area contributed by atoms with Gasteiger partial charge in [-0.25, -0.2) is 9.18 Å². The summed E-state index contributed by atoms with van der Waals surface area (Å²) in [6, 6.07) is 14.5. The second-order valence-corrected chi connectivity index (χ2v) is 10.4. The van der Waals surface area contributed by atoms with Crippen molar-refractivity contribution in [2.75, 3.05) is 12.0 Å². The number of benzene rings is 2. The quantitative estimate of drug-likeness (QED) is 0.0847. The van der Waals surface area contributed by atoms with E-state index in [1.807, 2.05) is 0 Å². The molecule has 0 saturated carbocycles. The highest BCUT2D eigenvalue weighted by Crippen LogP contribution is 2.44. The van der Waals surface area contributed by atoms with E-state index < -0.39 is 23.7 Å². The molecule has 1 atom stereocenters. The minimum absolute atomic E-state index is 0.129. The lowest BCUT2D eigenvalue weighted by Crippen LogP contribution is -2.29. The van der Waals surface area contributed by atoms with Crippen LogP contribution in [-0.4, -0.2) is 45.1 Å². The highest BCUT2D eigenvalue weighted by atomic mass is 32.2. The van der Waals surface area contributed by atoms with Gasteiger partial charge in [-0.1, -0.05) is 53.4 Å². The summed E-state index contributed by atoms with van der Waals surface area (Å²) in [6.45, 7) is 0. The largest absolute Gasteiger partial charge is 0.507 e. The van der Waals surface area contributed by atoms with Crippen LogP contribution in [0.2, 0.25) is 0 Å². The number of aliphatic hydroxyl groups is 1. The number of aliphatic hydroxyl groups excluding tert-OH is 1. The van der Waals surface area contributed by atoms with Gasteiger partial charge in [-0.05, 0) is 41.5 Å². The van der Waals surface area contributed by atoms with Crippen molar-refractivity contribution < 1.29 is 28.6 Å². The molecule has 5 rings (SSSR count). The standard InChI is InChI=1S/C27H19FN4O5S2/c1-37-25(36)17-8-6-15(7-9-17)21-20(22(33)16-10-12-29-13-11-16)23(34)24(35)32(21)26-30-31-27(39-26)38-14-18-4-2-3-5-19(18)28/h2-13,21,33H,14H2,1H3. The van der Waals surface area contributed by atoms with Crippen LogP contribution in [-0.2, 0) is 20.1 Å². The lowest BCUT2D eigenvalue weighted by molar-refractivity contribution is -0.132. The molecule has 0 radical (unpaired) electrons. The first kappa shape index (κ1) is 26.2. The van der Waals surface area contributed by atoms with Crippen molar-refractivity contribution in [3.63, 3.8) is 0 Å². The maximum atomic E-state index is 14.0. The Labute approximate surface area is 230 Å². The van der Waals surface area contributed by atoms with Gasteiger partial charge in [0.25, 0.3) is 5.78 Å². The molecule has 1 saturated heterocycles. The first-order chi connectivity index (χ1) is 18.9. The molecule has 196 valence electrons. The maximum Gasteiger partial charge on any atom is 0.337 e. The topological polar surface area (TPSA) is 123 Å². The van der Waals surface area contributed by atoms with Crippen molar-refractivity contribution in [3.05, 3.63) is 107 Å². The van der Waals surface area contributed by atoms with E-state index >= 15 is 0 Å². The highest BCUT2D eigenvalue weighted by molar-refractivity contribution is 8.00. The Kier molecular flexibility index (Phi) is 7.48. The number of methoxy groups -OCH3 is 1. The van der Waals surface area contributed by atoms with Crippen LogP contribution in [0.15, 0.2) is 83.0 Å². The van der Waals surface area contributed by atoms with E-state index in [4.69, 9.17) is 4.74 Å². The molecular formula is C27H19FN4O5S2. The lowest BCUT2D eigenvalue weighted by Gasteiger charge is -2.22. The van der Waals surface area contributed by atoms with E-state index in [1.165, 1.54) is 66.5 Å². The summed E-state index contributed by atoms with van der Waals surface area (Å²) >= 11 is 2.30. The van der Waals surface area contributed by atoms with Gasteiger partial charge >= 0.3 is 11.9 Å². The van der Waals surface area contributed by atoms with Gasteiger partial charge in [0.1, 0.15) is 11.6 Å². The molecular weight excluding hydrogens is 543 g/mol. The maximum absolute atomic E-state index is 14.0. The molecule has 1 unspecified atom stereocenters. The molecule has 0 bridgehead atoms. The lowest BCUT2D eigenvalue weighted by atomic mass is 9.95. The molecule has 1 aliphatic rings. The molecule has 1 amide bonds. The third-order valence-corrected chi connectivity index (χ3v) is 8.06. The first-order valence-corrected chi connectivity index (χ1v) is 13.3. The van der Waals surface area contributed by atoms with Crippen molar-refractivity contribution in [1.82, 2.24) is 15.2 Å². The van der Waals surface area contributed by atoms with Crippen molar-refractivity contribution >= 4 is 51.6 Å². The van der Waals surface area contributed by atoms with Gasteiger partial charge in [0.15, 0.2) is 4.34 Å². The van der Waals surface area contributed by atoms with Gasteiger partial charge < -0.3 is 9.84 Å². The Morgan fingerprint density at radius 3 is 2.46 bits per heavy atom. The number of esters is 1. The monoisotopic (exact) mass is 562 g/mol. The van der Waals surface area contributed by atoms with Crippen LogP contribution >= 0.6 is 23.1 Å². The molecule has 1 fully saturated rings. The molecule has 2 aromatic heterocycles. The highest BCUT2D eigenvalue weighted by Gasteiger charge is 2.48. The van der Waals surface area contributed by atoms with Crippen molar-refractivity contribution in [2.45, 2.75) is 16.1 Å². The Morgan fingerprint density at radius 1 is 1.05 bits per heavy atom. The fourth-order valence-electron chi connectivity index (χ4n) is 4.04. The second-order valence-electron chi connectivity index (χ2n) is 8.25. The van der Waals surface area contributed by atoms with E-state index in [0.29, 0.717) is 26.8 Å². The third kappa shape index (κ3) is 5.16. The Morgan fingerprint density at radius 2 is 1.77 bits per heavy atom. The Hall–Kier alpha value is -4.42. The van der Waals surface area contributed by atoms with E-state index in [0.717, 1.165) is 11.3 Å². The van der Waals surface area contributed by atoms with Crippen LogP contribution in [0.25, 0.3) is 5.76 Å². The van der Waals surface area contributed by atoms with Crippen LogP contribution < -0.4 is 4.90 Å². The van der Waals surface area contributed by atoms with E-state index in [1.54, 1.807) is 30.3 Å². The molecule has 0 aliphatic carbocycles. The second kappa shape index (κ2) is 11.1. The third-order valence-electron chi connectivity index (χ3n) is 5.96. The summed E-state index contributed by atoms with van der Waals surface area (Å²) in [5.74, 6) is -2.77. The average molecular weight is 563 g/mol.